The first kappa shape index (κ1) is 23.8. The summed E-state index contributed by atoms with van der Waals surface area (Å²) in [7, 11) is -3.17. The summed E-state index contributed by atoms with van der Waals surface area (Å²) in [5, 5.41) is 12.4. The second-order valence-electron chi connectivity index (χ2n) is 7.57. The first-order valence-corrected chi connectivity index (χ1v) is 11.2. The molecule has 0 radical (unpaired) electrons. The normalized spacial score (nSPS) is 17.0. The standard InChI is InChI=1S/C22H18F4N4O3S/c23-15-7-13(9-27-11-15)19-8-14(10-28-20(19)30-6-5-17(31)12-30)21(32)29-16-1-3-18(4-2-16)34(33)22(24,25)26/h1-4,7-11,17,31H,5-6,12H2,(H,29,32). The number of hydrogen-bond acceptors (Lipinski definition) is 6. The second kappa shape index (κ2) is 9.47. The number of anilines is 2. The van der Waals surface area contributed by atoms with Crippen LogP contribution in [-0.2, 0) is 10.8 Å². The molecule has 1 aromatic carbocycles. The van der Waals surface area contributed by atoms with Crippen LogP contribution in [0.15, 0.2) is 59.9 Å². The predicted octanol–water partition coefficient (Wildman–Crippen LogP) is 3.73. The Morgan fingerprint density at radius 1 is 1.15 bits per heavy atom. The summed E-state index contributed by atoms with van der Waals surface area (Å²) in [6, 6.07) is 7.21. The summed E-state index contributed by atoms with van der Waals surface area (Å²) < 4.78 is 63.1. The van der Waals surface area contributed by atoms with Gasteiger partial charge in [0, 0.05) is 47.2 Å². The Morgan fingerprint density at radius 3 is 2.50 bits per heavy atom. The molecule has 2 unspecified atom stereocenters. The highest BCUT2D eigenvalue weighted by atomic mass is 32.2. The third-order valence-corrected chi connectivity index (χ3v) is 6.26. The maximum absolute atomic E-state index is 13.8. The highest BCUT2D eigenvalue weighted by Gasteiger charge is 2.37. The van der Waals surface area contributed by atoms with E-state index in [4.69, 9.17) is 0 Å². The molecule has 0 aliphatic carbocycles. The molecule has 1 saturated heterocycles. The predicted molar refractivity (Wildman–Crippen MR) is 117 cm³/mol. The Balaban J connectivity index is 1.61. The van der Waals surface area contributed by atoms with Crippen LogP contribution in [-0.4, -0.2) is 49.9 Å². The molecule has 1 fully saturated rings. The minimum atomic E-state index is -4.88. The van der Waals surface area contributed by atoms with Crippen molar-refractivity contribution in [1.29, 1.82) is 0 Å². The van der Waals surface area contributed by atoms with Gasteiger partial charge in [0.15, 0.2) is 10.8 Å². The summed E-state index contributed by atoms with van der Waals surface area (Å²) in [5.41, 5.74) is -3.76. The Hall–Kier alpha value is -3.38. The maximum atomic E-state index is 13.8. The smallest absolute Gasteiger partial charge is 0.391 e. The molecule has 3 heterocycles. The van der Waals surface area contributed by atoms with E-state index in [1.165, 1.54) is 36.7 Å². The number of hydrogen-bond donors (Lipinski definition) is 2. The SMILES string of the molecule is O=C(Nc1ccc(S(=O)C(F)(F)F)cc1)c1cnc(N2CCC(O)C2)c(-c2cncc(F)c2)c1. The van der Waals surface area contributed by atoms with Crippen molar-refractivity contribution in [2.75, 3.05) is 23.3 Å². The van der Waals surface area contributed by atoms with Crippen molar-refractivity contribution in [3.63, 3.8) is 0 Å². The van der Waals surface area contributed by atoms with Crippen molar-refractivity contribution in [3.05, 3.63) is 66.4 Å². The third-order valence-electron chi connectivity index (χ3n) is 5.14. The van der Waals surface area contributed by atoms with Gasteiger partial charge in [0.2, 0.25) is 0 Å². The van der Waals surface area contributed by atoms with Gasteiger partial charge in [-0.2, -0.15) is 13.2 Å². The third kappa shape index (κ3) is 5.23. The lowest BCUT2D eigenvalue weighted by Crippen LogP contribution is -2.23. The van der Waals surface area contributed by atoms with E-state index in [0.717, 1.165) is 18.3 Å². The first-order chi connectivity index (χ1) is 16.1. The fourth-order valence-corrected chi connectivity index (χ4v) is 4.19. The van der Waals surface area contributed by atoms with Crippen LogP contribution in [0.4, 0.5) is 29.1 Å². The van der Waals surface area contributed by atoms with Crippen molar-refractivity contribution in [3.8, 4) is 11.1 Å². The van der Waals surface area contributed by atoms with Crippen LogP contribution in [0.2, 0.25) is 0 Å². The van der Waals surface area contributed by atoms with Gasteiger partial charge >= 0.3 is 5.51 Å². The molecule has 12 heteroatoms. The number of amides is 1. The minimum Gasteiger partial charge on any atom is -0.391 e. The van der Waals surface area contributed by atoms with Crippen LogP contribution in [0.1, 0.15) is 16.8 Å². The number of rotatable bonds is 5. The molecule has 0 spiro atoms. The summed E-state index contributed by atoms with van der Waals surface area (Å²) >= 11 is 0. The number of carbonyl (C=O) groups excluding carboxylic acids is 1. The summed E-state index contributed by atoms with van der Waals surface area (Å²) in [6.07, 6.45) is 3.80. The number of aliphatic hydroxyl groups excluding tert-OH is 1. The summed E-state index contributed by atoms with van der Waals surface area (Å²) in [6.45, 7) is 0.862. The maximum Gasteiger partial charge on any atom is 0.475 e. The van der Waals surface area contributed by atoms with Crippen molar-refractivity contribution < 1.29 is 31.7 Å². The van der Waals surface area contributed by atoms with Crippen LogP contribution < -0.4 is 10.2 Å². The Kier molecular flexibility index (Phi) is 6.62. The number of pyridine rings is 2. The fourth-order valence-electron chi connectivity index (χ4n) is 3.54. The molecule has 178 valence electrons. The number of nitrogens with zero attached hydrogens (tertiary/aromatic N) is 3. The van der Waals surface area contributed by atoms with Gasteiger partial charge in [-0.25, -0.2) is 13.6 Å². The Labute approximate surface area is 193 Å². The molecule has 4 rings (SSSR count). The van der Waals surface area contributed by atoms with E-state index in [1.54, 1.807) is 0 Å². The molecule has 7 nitrogen and oxygen atoms in total. The van der Waals surface area contributed by atoms with Crippen molar-refractivity contribution >= 4 is 28.2 Å². The van der Waals surface area contributed by atoms with Gasteiger partial charge in [0.25, 0.3) is 5.91 Å². The number of aliphatic hydroxyl groups is 1. The molecule has 2 N–H and O–H groups in total. The lowest BCUT2D eigenvalue weighted by atomic mass is 10.1. The molecule has 2 aromatic heterocycles. The lowest BCUT2D eigenvalue weighted by molar-refractivity contribution is -0.0384. The number of nitrogens with one attached hydrogen (secondary N) is 1. The molecular weight excluding hydrogens is 476 g/mol. The monoisotopic (exact) mass is 494 g/mol. The van der Waals surface area contributed by atoms with Crippen LogP contribution in [0.5, 0.6) is 0 Å². The Bertz CT molecular complexity index is 1240. The van der Waals surface area contributed by atoms with Crippen molar-refractivity contribution in [2.24, 2.45) is 0 Å². The number of carbonyl (C=O) groups is 1. The van der Waals surface area contributed by atoms with Gasteiger partial charge in [0.05, 0.1) is 17.9 Å². The lowest BCUT2D eigenvalue weighted by Gasteiger charge is -2.21. The topological polar surface area (TPSA) is 95.4 Å². The highest BCUT2D eigenvalue weighted by Crippen LogP contribution is 2.32. The largest absolute Gasteiger partial charge is 0.475 e. The van der Waals surface area contributed by atoms with Gasteiger partial charge in [-0.1, -0.05) is 0 Å². The number of β-amino-alcohol motifs (C(OH)–C–C–N with tert-alkyl or cyclic N) is 1. The zero-order valence-corrected chi connectivity index (χ0v) is 18.2. The van der Waals surface area contributed by atoms with E-state index < -0.39 is 39.0 Å². The average Bonchev–Trinajstić information content (AvgIpc) is 3.24. The molecule has 0 saturated carbocycles. The van der Waals surface area contributed by atoms with Gasteiger partial charge in [-0.15, -0.1) is 0 Å². The van der Waals surface area contributed by atoms with Crippen LogP contribution >= 0.6 is 0 Å². The molecule has 1 amide bonds. The average molecular weight is 494 g/mol. The van der Waals surface area contributed by atoms with Gasteiger partial charge in [-0.3, -0.25) is 9.78 Å². The molecule has 3 aromatic rings. The minimum absolute atomic E-state index is 0.116. The zero-order valence-electron chi connectivity index (χ0n) is 17.4. The van der Waals surface area contributed by atoms with Crippen molar-refractivity contribution in [2.45, 2.75) is 22.9 Å². The number of alkyl halides is 3. The van der Waals surface area contributed by atoms with E-state index in [1.807, 2.05) is 4.90 Å². The number of benzene rings is 1. The number of aromatic nitrogens is 2. The summed E-state index contributed by atoms with van der Waals surface area (Å²) in [5.74, 6) is -0.716. The second-order valence-corrected chi connectivity index (χ2v) is 9.04. The summed E-state index contributed by atoms with van der Waals surface area (Å²) in [4.78, 5) is 22.4. The van der Waals surface area contributed by atoms with E-state index >= 15 is 0 Å². The van der Waals surface area contributed by atoms with Crippen LogP contribution in [0.3, 0.4) is 0 Å². The van der Waals surface area contributed by atoms with E-state index in [0.29, 0.717) is 36.5 Å². The zero-order chi connectivity index (χ0) is 24.5. The van der Waals surface area contributed by atoms with Gasteiger partial charge < -0.3 is 15.3 Å². The van der Waals surface area contributed by atoms with Crippen LogP contribution in [0, 0.1) is 5.82 Å². The molecule has 1 aliphatic heterocycles. The molecule has 34 heavy (non-hydrogen) atoms. The van der Waals surface area contributed by atoms with Crippen molar-refractivity contribution in [1.82, 2.24) is 9.97 Å². The molecule has 2 atom stereocenters. The fraction of sp³-hybridized carbons (Fsp3) is 0.227. The van der Waals surface area contributed by atoms with E-state index in [-0.39, 0.29) is 11.3 Å². The highest BCUT2D eigenvalue weighted by molar-refractivity contribution is 7.86. The molecule has 1 aliphatic rings. The molecular formula is C22H18F4N4O3S. The molecule has 0 bridgehead atoms. The van der Waals surface area contributed by atoms with Crippen LogP contribution in [0.25, 0.3) is 11.1 Å². The van der Waals surface area contributed by atoms with Gasteiger partial charge in [-0.05, 0) is 42.8 Å². The first-order valence-electron chi connectivity index (χ1n) is 10.1. The number of halogens is 4. The van der Waals surface area contributed by atoms with Gasteiger partial charge in [0.1, 0.15) is 11.6 Å². The quantitative estimate of drug-likeness (QED) is 0.525. The Morgan fingerprint density at radius 2 is 1.88 bits per heavy atom. The van der Waals surface area contributed by atoms with E-state index in [9.17, 15) is 31.7 Å². The van der Waals surface area contributed by atoms with E-state index in [2.05, 4.69) is 15.3 Å².